The fraction of sp³-hybridized carbons (Fsp3) is 1.00. The molecule has 2 fully saturated rings. The number of aliphatic hydroxyl groups is 1. The van der Waals surface area contributed by atoms with E-state index in [0.29, 0.717) is 6.04 Å². The number of piperidine rings is 1. The number of nitrogens with zero attached hydrogens (tertiary/aromatic N) is 1. The summed E-state index contributed by atoms with van der Waals surface area (Å²) >= 11 is 0. The summed E-state index contributed by atoms with van der Waals surface area (Å²) in [5, 5.41) is 13.4. The maximum Gasteiger partial charge on any atom is 0.0819 e. The molecule has 0 saturated carbocycles. The largest absolute Gasteiger partial charge is 0.390 e. The van der Waals surface area contributed by atoms with E-state index in [4.69, 9.17) is 0 Å². The molecule has 3 nitrogen and oxygen atoms in total. The molecule has 2 atom stereocenters. The molecule has 0 aromatic heterocycles. The molecule has 2 aliphatic heterocycles. The zero-order valence-electron chi connectivity index (χ0n) is 8.91. The van der Waals surface area contributed by atoms with E-state index in [2.05, 4.69) is 10.2 Å². The molecule has 0 spiro atoms. The summed E-state index contributed by atoms with van der Waals surface area (Å²) in [5.74, 6) is 0. The van der Waals surface area contributed by atoms with Gasteiger partial charge in [-0.05, 0) is 45.3 Å². The van der Waals surface area contributed by atoms with Crippen LogP contribution < -0.4 is 5.32 Å². The van der Waals surface area contributed by atoms with E-state index >= 15 is 0 Å². The quantitative estimate of drug-likeness (QED) is 0.696. The first-order valence-corrected chi connectivity index (χ1v) is 6.00. The third-order valence-corrected chi connectivity index (χ3v) is 3.46. The molecule has 2 rings (SSSR count). The molecule has 2 saturated heterocycles. The van der Waals surface area contributed by atoms with Crippen molar-refractivity contribution in [1.29, 1.82) is 0 Å². The number of hydrogen-bond acceptors (Lipinski definition) is 3. The Kier molecular flexibility index (Phi) is 3.79. The molecule has 14 heavy (non-hydrogen) atoms. The second kappa shape index (κ2) is 5.10. The zero-order valence-corrected chi connectivity index (χ0v) is 8.91. The first kappa shape index (κ1) is 10.4. The Morgan fingerprint density at radius 2 is 2.00 bits per heavy atom. The second-order valence-corrected chi connectivity index (χ2v) is 4.63. The molecule has 3 heteroatoms. The van der Waals surface area contributed by atoms with Crippen molar-refractivity contribution in [3.63, 3.8) is 0 Å². The predicted octanol–water partition coefficient (Wildman–Crippen LogP) is 0.585. The number of β-amino-alcohol motifs (C(OH)–C–C–N with tert-alkyl or cyclic N) is 1. The van der Waals surface area contributed by atoms with Gasteiger partial charge in [0.1, 0.15) is 0 Å². The van der Waals surface area contributed by atoms with E-state index in [1.165, 1.54) is 38.8 Å². The first-order chi connectivity index (χ1) is 6.86. The van der Waals surface area contributed by atoms with Gasteiger partial charge in [0.2, 0.25) is 0 Å². The summed E-state index contributed by atoms with van der Waals surface area (Å²) < 4.78 is 0. The monoisotopic (exact) mass is 198 g/mol. The van der Waals surface area contributed by atoms with Gasteiger partial charge in [-0.2, -0.15) is 0 Å². The highest BCUT2D eigenvalue weighted by atomic mass is 16.3. The molecule has 0 bridgehead atoms. The summed E-state index contributed by atoms with van der Waals surface area (Å²) in [6.07, 6.45) is 6.20. The van der Waals surface area contributed by atoms with Crippen LogP contribution in [0.3, 0.4) is 0 Å². The maximum atomic E-state index is 10.00. The van der Waals surface area contributed by atoms with E-state index in [0.717, 1.165) is 19.5 Å². The number of aliphatic hydroxyl groups excluding tert-OH is 1. The number of rotatable bonds is 3. The molecule has 2 heterocycles. The van der Waals surface area contributed by atoms with Crippen LogP contribution in [0.15, 0.2) is 0 Å². The van der Waals surface area contributed by atoms with Crippen LogP contribution in [0.4, 0.5) is 0 Å². The van der Waals surface area contributed by atoms with E-state index in [1.54, 1.807) is 0 Å². The Hall–Kier alpha value is -0.120. The molecule has 2 N–H and O–H groups in total. The van der Waals surface area contributed by atoms with Gasteiger partial charge in [-0.3, -0.25) is 0 Å². The molecule has 0 aromatic carbocycles. The van der Waals surface area contributed by atoms with Crippen molar-refractivity contribution in [3.05, 3.63) is 0 Å². The van der Waals surface area contributed by atoms with Gasteiger partial charge in [-0.25, -0.2) is 0 Å². The molecular weight excluding hydrogens is 176 g/mol. The summed E-state index contributed by atoms with van der Waals surface area (Å²) in [6.45, 7) is 4.33. The van der Waals surface area contributed by atoms with Crippen LogP contribution in [0.5, 0.6) is 0 Å². The average molecular weight is 198 g/mol. The second-order valence-electron chi connectivity index (χ2n) is 4.63. The normalized spacial score (nSPS) is 31.9. The summed E-state index contributed by atoms with van der Waals surface area (Å²) in [5.41, 5.74) is 0. The molecule has 0 amide bonds. The Morgan fingerprint density at radius 3 is 2.64 bits per heavy atom. The van der Waals surface area contributed by atoms with E-state index in [-0.39, 0.29) is 6.10 Å². The molecule has 82 valence electrons. The number of nitrogens with one attached hydrogen (secondary N) is 1. The predicted molar refractivity (Wildman–Crippen MR) is 57.3 cm³/mol. The van der Waals surface area contributed by atoms with Crippen molar-refractivity contribution in [1.82, 2.24) is 10.2 Å². The highest BCUT2D eigenvalue weighted by Crippen LogP contribution is 2.13. The molecule has 0 radical (unpaired) electrons. The standard InChI is InChI=1S/C11H22N2O/c14-11(10-5-4-6-12-10)9-13-7-2-1-3-8-13/h10-12,14H,1-9H2. The van der Waals surface area contributed by atoms with Crippen LogP contribution in [0.25, 0.3) is 0 Å². The van der Waals surface area contributed by atoms with Crippen LogP contribution in [0.1, 0.15) is 32.1 Å². The van der Waals surface area contributed by atoms with Crippen molar-refractivity contribution in [2.45, 2.75) is 44.2 Å². The van der Waals surface area contributed by atoms with Crippen molar-refractivity contribution in [2.75, 3.05) is 26.2 Å². The third-order valence-electron chi connectivity index (χ3n) is 3.46. The zero-order chi connectivity index (χ0) is 9.80. The van der Waals surface area contributed by atoms with Crippen LogP contribution >= 0.6 is 0 Å². The fourth-order valence-corrected chi connectivity index (χ4v) is 2.57. The fourth-order valence-electron chi connectivity index (χ4n) is 2.57. The molecular formula is C11H22N2O. The molecule has 2 aliphatic rings. The van der Waals surface area contributed by atoms with Gasteiger partial charge in [0.25, 0.3) is 0 Å². The van der Waals surface area contributed by atoms with Gasteiger partial charge in [-0.1, -0.05) is 6.42 Å². The molecule has 0 aromatic rings. The summed E-state index contributed by atoms with van der Waals surface area (Å²) in [7, 11) is 0. The van der Waals surface area contributed by atoms with Gasteiger partial charge in [0.15, 0.2) is 0 Å². The number of likely N-dealkylation sites (tertiary alicyclic amines) is 1. The van der Waals surface area contributed by atoms with Gasteiger partial charge in [-0.15, -0.1) is 0 Å². The van der Waals surface area contributed by atoms with Crippen molar-refractivity contribution < 1.29 is 5.11 Å². The van der Waals surface area contributed by atoms with Crippen molar-refractivity contribution in [2.24, 2.45) is 0 Å². The lowest BCUT2D eigenvalue weighted by Gasteiger charge is -2.30. The highest BCUT2D eigenvalue weighted by Gasteiger charge is 2.24. The van der Waals surface area contributed by atoms with Crippen LogP contribution in [-0.4, -0.2) is 48.3 Å². The topological polar surface area (TPSA) is 35.5 Å². The minimum atomic E-state index is -0.157. The minimum Gasteiger partial charge on any atom is -0.390 e. The highest BCUT2D eigenvalue weighted by molar-refractivity contribution is 4.83. The Morgan fingerprint density at radius 1 is 1.21 bits per heavy atom. The smallest absolute Gasteiger partial charge is 0.0819 e. The van der Waals surface area contributed by atoms with E-state index in [9.17, 15) is 5.11 Å². The van der Waals surface area contributed by atoms with Crippen LogP contribution in [0.2, 0.25) is 0 Å². The lowest BCUT2D eigenvalue weighted by molar-refractivity contribution is 0.0766. The maximum absolute atomic E-state index is 10.00. The average Bonchev–Trinajstić information content (AvgIpc) is 2.72. The summed E-state index contributed by atoms with van der Waals surface area (Å²) in [6, 6.07) is 0.358. The van der Waals surface area contributed by atoms with Gasteiger partial charge in [0.05, 0.1) is 6.10 Å². The van der Waals surface area contributed by atoms with Crippen LogP contribution in [-0.2, 0) is 0 Å². The van der Waals surface area contributed by atoms with Gasteiger partial charge < -0.3 is 15.3 Å². The van der Waals surface area contributed by atoms with Crippen LogP contribution in [0, 0.1) is 0 Å². The minimum absolute atomic E-state index is 0.157. The Labute approximate surface area is 86.5 Å². The van der Waals surface area contributed by atoms with E-state index < -0.39 is 0 Å². The first-order valence-electron chi connectivity index (χ1n) is 6.00. The summed E-state index contributed by atoms with van der Waals surface area (Å²) in [4.78, 5) is 2.41. The Bertz CT molecular complexity index is 163. The number of hydrogen-bond donors (Lipinski definition) is 2. The molecule has 0 aliphatic carbocycles. The Balaban J connectivity index is 1.72. The third kappa shape index (κ3) is 2.69. The lowest BCUT2D eigenvalue weighted by Crippen LogP contribution is -2.44. The SMILES string of the molecule is OC(CN1CCCCC1)C1CCCN1. The van der Waals surface area contributed by atoms with E-state index in [1.807, 2.05) is 0 Å². The lowest BCUT2D eigenvalue weighted by atomic mass is 10.1. The van der Waals surface area contributed by atoms with Crippen molar-refractivity contribution >= 4 is 0 Å². The van der Waals surface area contributed by atoms with Crippen molar-refractivity contribution in [3.8, 4) is 0 Å². The van der Waals surface area contributed by atoms with Gasteiger partial charge >= 0.3 is 0 Å². The van der Waals surface area contributed by atoms with Gasteiger partial charge in [0, 0.05) is 12.6 Å². The molecule has 2 unspecified atom stereocenters.